The Hall–Kier alpha value is -3.16. The average molecular weight is 407 g/mol. The van der Waals surface area contributed by atoms with Crippen molar-refractivity contribution < 1.29 is 19.5 Å². The van der Waals surface area contributed by atoms with E-state index in [1.54, 1.807) is 35.6 Å². The lowest BCUT2D eigenvalue weighted by molar-refractivity contribution is -0.124. The van der Waals surface area contributed by atoms with E-state index in [4.69, 9.17) is 9.94 Å². The molecule has 2 heterocycles. The minimum atomic E-state index is -0.634. The van der Waals surface area contributed by atoms with Gasteiger partial charge in [-0.05, 0) is 29.3 Å². The molecule has 2 N–H and O–H groups in total. The molecule has 1 fully saturated rings. The van der Waals surface area contributed by atoms with E-state index in [1.165, 1.54) is 17.7 Å². The Kier molecular flexibility index (Phi) is 5.57. The van der Waals surface area contributed by atoms with Crippen molar-refractivity contribution >= 4 is 17.9 Å². The molecular formula is C23H25N3O4. The SMILES string of the molecule is CN1C(=O)c2cc(C=CC(=O)NO)ccc2OC12CCN(Cc1ccccc1)CC2. The molecule has 0 aromatic heterocycles. The molecule has 2 aliphatic heterocycles. The first kappa shape index (κ1) is 20.1. The van der Waals surface area contributed by atoms with Gasteiger partial charge in [0.05, 0.1) is 5.56 Å². The van der Waals surface area contributed by atoms with Gasteiger partial charge >= 0.3 is 0 Å². The van der Waals surface area contributed by atoms with Crippen molar-refractivity contribution in [2.75, 3.05) is 20.1 Å². The van der Waals surface area contributed by atoms with Crippen LogP contribution in [0.25, 0.3) is 6.08 Å². The molecule has 0 aliphatic carbocycles. The van der Waals surface area contributed by atoms with Crippen LogP contribution in [0.3, 0.4) is 0 Å². The second-order valence-electron chi connectivity index (χ2n) is 7.74. The van der Waals surface area contributed by atoms with Gasteiger partial charge in [0.25, 0.3) is 11.8 Å². The standard InChI is InChI=1S/C23H25N3O4/c1-25-22(28)19-15-17(8-10-21(27)24-29)7-9-20(19)30-23(25)11-13-26(14-12-23)16-18-5-3-2-4-6-18/h2-10,15,29H,11-14,16H2,1H3,(H,24,27). The van der Waals surface area contributed by atoms with Gasteiger partial charge in [-0.3, -0.25) is 19.7 Å². The highest BCUT2D eigenvalue weighted by Crippen LogP contribution is 2.39. The molecule has 4 rings (SSSR count). The fourth-order valence-corrected chi connectivity index (χ4v) is 4.10. The van der Waals surface area contributed by atoms with Crippen LogP contribution in [-0.2, 0) is 11.3 Å². The molecule has 156 valence electrons. The summed E-state index contributed by atoms with van der Waals surface area (Å²) in [6.07, 6.45) is 4.20. The van der Waals surface area contributed by atoms with Crippen molar-refractivity contribution in [3.05, 3.63) is 71.3 Å². The van der Waals surface area contributed by atoms with E-state index in [9.17, 15) is 9.59 Å². The number of carbonyl (C=O) groups excluding carboxylic acids is 2. The summed E-state index contributed by atoms with van der Waals surface area (Å²) in [6, 6.07) is 15.6. The van der Waals surface area contributed by atoms with Gasteiger partial charge in [0.1, 0.15) is 5.75 Å². The van der Waals surface area contributed by atoms with E-state index >= 15 is 0 Å². The molecular weight excluding hydrogens is 382 g/mol. The molecule has 2 aliphatic rings. The largest absolute Gasteiger partial charge is 0.467 e. The highest BCUT2D eigenvalue weighted by Gasteiger charge is 2.46. The fraction of sp³-hybridized carbons (Fsp3) is 0.304. The summed E-state index contributed by atoms with van der Waals surface area (Å²) >= 11 is 0. The van der Waals surface area contributed by atoms with E-state index in [0.717, 1.165) is 32.5 Å². The van der Waals surface area contributed by atoms with Gasteiger partial charge < -0.3 is 9.64 Å². The first-order valence-electron chi connectivity index (χ1n) is 10.0. The van der Waals surface area contributed by atoms with Gasteiger partial charge in [-0.15, -0.1) is 0 Å². The number of hydrogen-bond donors (Lipinski definition) is 2. The van der Waals surface area contributed by atoms with Crippen LogP contribution in [0.5, 0.6) is 5.75 Å². The molecule has 2 amide bonds. The number of hydroxylamine groups is 1. The number of piperidine rings is 1. The van der Waals surface area contributed by atoms with Gasteiger partial charge in [0.15, 0.2) is 5.72 Å². The number of likely N-dealkylation sites (tertiary alicyclic amines) is 1. The molecule has 0 unspecified atom stereocenters. The topological polar surface area (TPSA) is 82.1 Å². The predicted octanol–water partition coefficient (Wildman–Crippen LogP) is 2.66. The zero-order valence-electron chi connectivity index (χ0n) is 16.9. The number of nitrogens with one attached hydrogen (secondary N) is 1. The van der Waals surface area contributed by atoms with Crippen LogP contribution in [0.1, 0.15) is 34.3 Å². The summed E-state index contributed by atoms with van der Waals surface area (Å²) in [5.41, 5.74) is 3.34. The molecule has 0 radical (unpaired) electrons. The summed E-state index contributed by atoms with van der Waals surface area (Å²) in [5.74, 6) is -0.151. The maximum atomic E-state index is 13.1. The lowest BCUT2D eigenvalue weighted by Gasteiger charge is -2.49. The molecule has 1 saturated heterocycles. The third-order valence-electron chi connectivity index (χ3n) is 5.87. The van der Waals surface area contributed by atoms with Gasteiger partial charge in [-0.25, -0.2) is 5.48 Å². The normalized spacial score (nSPS) is 18.3. The van der Waals surface area contributed by atoms with Crippen LogP contribution >= 0.6 is 0 Å². The maximum Gasteiger partial charge on any atom is 0.267 e. The number of hydrogen-bond acceptors (Lipinski definition) is 5. The van der Waals surface area contributed by atoms with Crippen molar-refractivity contribution in [3.8, 4) is 5.75 Å². The minimum absolute atomic E-state index is 0.0883. The summed E-state index contributed by atoms with van der Waals surface area (Å²) < 4.78 is 6.38. The van der Waals surface area contributed by atoms with Crippen LogP contribution < -0.4 is 10.2 Å². The van der Waals surface area contributed by atoms with E-state index in [1.807, 2.05) is 18.2 Å². The summed E-state index contributed by atoms with van der Waals surface area (Å²) in [4.78, 5) is 28.4. The molecule has 0 bridgehead atoms. The fourth-order valence-electron chi connectivity index (χ4n) is 4.10. The van der Waals surface area contributed by atoms with Crippen LogP contribution in [0.4, 0.5) is 0 Å². The van der Waals surface area contributed by atoms with Crippen molar-refractivity contribution in [1.82, 2.24) is 15.3 Å². The lowest BCUT2D eigenvalue weighted by Crippen LogP contribution is -2.61. The van der Waals surface area contributed by atoms with Gasteiger partial charge in [-0.1, -0.05) is 36.4 Å². The van der Waals surface area contributed by atoms with Crippen molar-refractivity contribution in [1.29, 1.82) is 0 Å². The van der Waals surface area contributed by atoms with E-state index in [-0.39, 0.29) is 5.91 Å². The zero-order chi connectivity index (χ0) is 21.1. The predicted molar refractivity (Wildman–Crippen MR) is 112 cm³/mol. The molecule has 2 aromatic rings. The highest BCUT2D eigenvalue weighted by molar-refractivity contribution is 5.99. The first-order chi connectivity index (χ1) is 14.5. The number of benzene rings is 2. The molecule has 30 heavy (non-hydrogen) atoms. The Morgan fingerprint density at radius 1 is 1.20 bits per heavy atom. The summed E-state index contributed by atoms with van der Waals surface area (Å²) in [5, 5.41) is 8.59. The summed E-state index contributed by atoms with van der Waals surface area (Å²) in [7, 11) is 1.79. The van der Waals surface area contributed by atoms with Crippen molar-refractivity contribution in [2.45, 2.75) is 25.1 Å². The van der Waals surface area contributed by atoms with Gasteiger partial charge in [-0.2, -0.15) is 0 Å². The zero-order valence-corrected chi connectivity index (χ0v) is 16.9. The molecule has 0 saturated carbocycles. The van der Waals surface area contributed by atoms with Gasteiger partial charge in [0, 0.05) is 45.6 Å². The Bertz CT molecular complexity index is 966. The molecule has 7 heteroatoms. The van der Waals surface area contributed by atoms with Crippen molar-refractivity contribution in [3.63, 3.8) is 0 Å². The maximum absolute atomic E-state index is 13.1. The van der Waals surface area contributed by atoms with Crippen LogP contribution in [0, 0.1) is 0 Å². The molecule has 7 nitrogen and oxygen atoms in total. The monoisotopic (exact) mass is 407 g/mol. The third kappa shape index (κ3) is 3.94. The molecule has 1 spiro atoms. The average Bonchev–Trinajstić information content (AvgIpc) is 2.78. The third-order valence-corrected chi connectivity index (χ3v) is 5.87. The Balaban J connectivity index is 1.48. The van der Waals surface area contributed by atoms with Crippen LogP contribution in [0.2, 0.25) is 0 Å². The number of nitrogens with zero attached hydrogens (tertiary/aromatic N) is 2. The number of rotatable bonds is 4. The highest BCUT2D eigenvalue weighted by atomic mass is 16.5. The number of ether oxygens (including phenoxy) is 1. The second kappa shape index (κ2) is 8.30. The molecule has 0 atom stereocenters. The van der Waals surface area contributed by atoms with Crippen LogP contribution in [0.15, 0.2) is 54.6 Å². The lowest BCUT2D eigenvalue weighted by atomic mass is 9.94. The Labute approximate surface area is 175 Å². The first-order valence-corrected chi connectivity index (χ1v) is 10.0. The Morgan fingerprint density at radius 2 is 1.93 bits per heavy atom. The minimum Gasteiger partial charge on any atom is -0.467 e. The second-order valence-corrected chi connectivity index (χ2v) is 7.74. The quantitative estimate of drug-likeness (QED) is 0.463. The molecule has 2 aromatic carbocycles. The van der Waals surface area contributed by atoms with E-state index < -0.39 is 11.6 Å². The van der Waals surface area contributed by atoms with Crippen molar-refractivity contribution in [2.24, 2.45) is 0 Å². The smallest absolute Gasteiger partial charge is 0.267 e. The van der Waals surface area contributed by atoms with Crippen LogP contribution in [-0.4, -0.2) is 52.7 Å². The number of fused-ring (bicyclic) bond motifs is 1. The number of amides is 2. The van der Waals surface area contributed by atoms with Gasteiger partial charge in [0.2, 0.25) is 0 Å². The number of carbonyl (C=O) groups is 2. The Morgan fingerprint density at radius 3 is 2.63 bits per heavy atom. The van der Waals surface area contributed by atoms with E-state index in [2.05, 4.69) is 17.0 Å². The summed E-state index contributed by atoms with van der Waals surface area (Å²) in [6.45, 7) is 2.58. The van der Waals surface area contributed by atoms with E-state index in [0.29, 0.717) is 16.9 Å².